The Morgan fingerprint density at radius 2 is 2.29 bits per heavy atom. The van der Waals surface area contributed by atoms with E-state index in [1.165, 1.54) is 0 Å². The van der Waals surface area contributed by atoms with Crippen molar-refractivity contribution in [3.05, 3.63) is 30.0 Å². The van der Waals surface area contributed by atoms with Crippen molar-refractivity contribution in [1.29, 1.82) is 0 Å². The number of hydrogen-bond acceptors (Lipinski definition) is 3. The first-order valence-corrected chi connectivity index (χ1v) is 5.16. The molecule has 1 atom stereocenters. The Kier molecular flexibility index (Phi) is 3.01. The monoisotopic (exact) mass is 235 g/mol. The van der Waals surface area contributed by atoms with E-state index in [0.29, 0.717) is 5.75 Å². The zero-order valence-electron chi connectivity index (χ0n) is 9.30. The lowest BCUT2D eigenvalue weighted by atomic mass is 10.1. The molecule has 0 saturated carbocycles. The molecule has 0 aliphatic carbocycles. The van der Waals surface area contributed by atoms with Crippen molar-refractivity contribution in [3.63, 3.8) is 0 Å². The molecule has 1 heterocycles. The molecule has 1 aromatic heterocycles. The van der Waals surface area contributed by atoms with E-state index < -0.39 is 12.1 Å². The third-order valence-corrected chi connectivity index (χ3v) is 2.67. The van der Waals surface area contributed by atoms with Gasteiger partial charge in [0.15, 0.2) is 6.10 Å². The maximum absolute atomic E-state index is 10.6. The van der Waals surface area contributed by atoms with Crippen molar-refractivity contribution in [2.75, 3.05) is 7.11 Å². The molecule has 3 N–H and O–H groups in total. The van der Waals surface area contributed by atoms with Crippen LogP contribution >= 0.6 is 0 Å². The summed E-state index contributed by atoms with van der Waals surface area (Å²) >= 11 is 0. The van der Waals surface area contributed by atoms with Gasteiger partial charge in [-0.3, -0.25) is 0 Å². The minimum Gasteiger partial charge on any atom is -0.497 e. The van der Waals surface area contributed by atoms with E-state index in [1.54, 1.807) is 13.3 Å². The molecule has 90 valence electrons. The predicted molar refractivity (Wildman–Crippen MR) is 62.2 cm³/mol. The fraction of sp³-hybridized carbons (Fsp3) is 0.250. The number of nitrogens with one attached hydrogen (secondary N) is 1. The number of ether oxygens (including phenoxy) is 1. The molecule has 0 unspecified atom stereocenters. The Morgan fingerprint density at radius 3 is 2.94 bits per heavy atom. The van der Waals surface area contributed by atoms with Crippen LogP contribution in [0.2, 0.25) is 0 Å². The molecule has 0 fully saturated rings. The molecule has 5 heteroatoms. The number of carboxylic acids is 1. The van der Waals surface area contributed by atoms with Crippen LogP contribution in [-0.4, -0.2) is 34.4 Å². The second-order valence-corrected chi connectivity index (χ2v) is 3.78. The molecular weight excluding hydrogens is 222 g/mol. The molecule has 2 rings (SSSR count). The Labute approximate surface area is 97.6 Å². The summed E-state index contributed by atoms with van der Waals surface area (Å²) < 4.78 is 5.11. The summed E-state index contributed by atoms with van der Waals surface area (Å²) in [6.45, 7) is 0. The number of carboxylic acid groups (broad SMARTS) is 1. The highest BCUT2D eigenvalue weighted by Gasteiger charge is 2.16. The quantitative estimate of drug-likeness (QED) is 0.742. The van der Waals surface area contributed by atoms with Gasteiger partial charge >= 0.3 is 5.97 Å². The molecule has 5 nitrogen and oxygen atoms in total. The number of aromatic amines is 1. The molecule has 1 aromatic carbocycles. The normalized spacial score (nSPS) is 12.6. The minimum atomic E-state index is -1.39. The number of benzene rings is 1. The van der Waals surface area contributed by atoms with Gasteiger partial charge in [-0.2, -0.15) is 0 Å². The topological polar surface area (TPSA) is 82.5 Å². The zero-order chi connectivity index (χ0) is 12.4. The lowest BCUT2D eigenvalue weighted by Crippen LogP contribution is -2.21. The van der Waals surface area contributed by atoms with Crippen LogP contribution in [0.15, 0.2) is 24.4 Å². The molecule has 0 amide bonds. The minimum absolute atomic E-state index is 0.0719. The van der Waals surface area contributed by atoms with E-state index in [1.807, 2.05) is 18.2 Å². The fourth-order valence-electron chi connectivity index (χ4n) is 1.75. The largest absolute Gasteiger partial charge is 0.497 e. The number of aliphatic hydroxyl groups excluding tert-OH is 1. The van der Waals surface area contributed by atoms with Crippen LogP contribution in [-0.2, 0) is 11.2 Å². The van der Waals surface area contributed by atoms with Crippen molar-refractivity contribution in [3.8, 4) is 5.75 Å². The maximum Gasteiger partial charge on any atom is 0.332 e. The van der Waals surface area contributed by atoms with Crippen molar-refractivity contribution in [1.82, 2.24) is 4.98 Å². The van der Waals surface area contributed by atoms with E-state index in [4.69, 9.17) is 9.84 Å². The molecule has 0 spiro atoms. The highest BCUT2D eigenvalue weighted by Crippen LogP contribution is 2.24. The average molecular weight is 235 g/mol. The molecule has 0 bridgehead atoms. The fourth-order valence-corrected chi connectivity index (χ4v) is 1.75. The first-order chi connectivity index (χ1) is 8.11. The van der Waals surface area contributed by atoms with Crippen LogP contribution < -0.4 is 4.74 Å². The molecule has 0 saturated heterocycles. The SMILES string of the molecule is COc1ccc2[nH]cc(C[C@H](O)C(=O)O)c2c1. The van der Waals surface area contributed by atoms with Crippen LogP contribution in [0.3, 0.4) is 0 Å². The van der Waals surface area contributed by atoms with Crippen molar-refractivity contribution < 1.29 is 19.7 Å². The van der Waals surface area contributed by atoms with Gasteiger partial charge in [-0.25, -0.2) is 4.79 Å². The Hall–Kier alpha value is -2.01. The number of rotatable bonds is 4. The van der Waals surface area contributed by atoms with Crippen LogP contribution in [0.25, 0.3) is 10.9 Å². The molecule has 2 aromatic rings. The van der Waals surface area contributed by atoms with Gasteiger partial charge < -0.3 is 19.9 Å². The van der Waals surface area contributed by atoms with Crippen molar-refractivity contribution in [2.45, 2.75) is 12.5 Å². The highest BCUT2D eigenvalue weighted by atomic mass is 16.5. The molecule has 0 aliphatic rings. The third-order valence-electron chi connectivity index (χ3n) is 2.67. The molecular formula is C12H13NO4. The van der Waals surface area contributed by atoms with Gasteiger partial charge in [-0.15, -0.1) is 0 Å². The third kappa shape index (κ3) is 2.24. The van der Waals surface area contributed by atoms with Gasteiger partial charge in [0, 0.05) is 23.5 Å². The van der Waals surface area contributed by atoms with Crippen molar-refractivity contribution >= 4 is 16.9 Å². The lowest BCUT2D eigenvalue weighted by molar-refractivity contribution is -0.146. The van der Waals surface area contributed by atoms with Crippen LogP contribution in [0.1, 0.15) is 5.56 Å². The van der Waals surface area contributed by atoms with Gasteiger partial charge in [0.2, 0.25) is 0 Å². The summed E-state index contributed by atoms with van der Waals surface area (Å²) in [6.07, 6.45) is 0.388. The van der Waals surface area contributed by atoms with Gasteiger partial charge in [-0.05, 0) is 23.8 Å². The number of aliphatic hydroxyl groups is 1. The van der Waals surface area contributed by atoms with Crippen LogP contribution in [0, 0.1) is 0 Å². The summed E-state index contributed by atoms with van der Waals surface area (Å²) in [7, 11) is 1.57. The summed E-state index contributed by atoms with van der Waals surface area (Å²) in [4.78, 5) is 13.6. The van der Waals surface area contributed by atoms with Gasteiger partial charge in [-0.1, -0.05) is 0 Å². The number of hydrogen-bond donors (Lipinski definition) is 3. The van der Waals surface area contributed by atoms with E-state index in [9.17, 15) is 9.90 Å². The molecule has 0 aliphatic heterocycles. The first kappa shape index (κ1) is 11.5. The Balaban J connectivity index is 2.37. The first-order valence-electron chi connectivity index (χ1n) is 5.16. The van der Waals surface area contributed by atoms with E-state index >= 15 is 0 Å². The molecule has 0 radical (unpaired) electrons. The summed E-state index contributed by atoms with van der Waals surface area (Å²) in [6, 6.07) is 5.48. The standard InChI is InChI=1S/C12H13NO4/c1-17-8-2-3-10-9(5-8)7(6-13-10)4-11(14)12(15)16/h2-3,5-6,11,13-14H,4H2,1H3,(H,15,16)/t11-/m0/s1. The maximum atomic E-state index is 10.6. The number of methoxy groups -OCH3 is 1. The van der Waals surface area contributed by atoms with Gasteiger partial charge in [0.25, 0.3) is 0 Å². The summed E-state index contributed by atoms with van der Waals surface area (Å²) in [5, 5.41) is 18.9. The second kappa shape index (κ2) is 4.47. The second-order valence-electron chi connectivity index (χ2n) is 3.78. The van der Waals surface area contributed by atoms with Gasteiger partial charge in [0.05, 0.1) is 7.11 Å². The number of H-pyrrole nitrogens is 1. The highest BCUT2D eigenvalue weighted by molar-refractivity contribution is 5.85. The van der Waals surface area contributed by atoms with E-state index in [-0.39, 0.29) is 6.42 Å². The van der Waals surface area contributed by atoms with E-state index in [2.05, 4.69) is 4.98 Å². The van der Waals surface area contributed by atoms with Crippen LogP contribution in [0.5, 0.6) is 5.75 Å². The smallest absolute Gasteiger partial charge is 0.332 e. The van der Waals surface area contributed by atoms with Crippen LogP contribution in [0.4, 0.5) is 0 Å². The predicted octanol–water partition coefficient (Wildman–Crippen LogP) is 1.16. The average Bonchev–Trinajstić information content (AvgIpc) is 2.71. The van der Waals surface area contributed by atoms with E-state index in [0.717, 1.165) is 16.5 Å². The van der Waals surface area contributed by atoms with Crippen molar-refractivity contribution in [2.24, 2.45) is 0 Å². The number of aromatic nitrogens is 1. The Morgan fingerprint density at radius 1 is 1.53 bits per heavy atom. The molecule has 17 heavy (non-hydrogen) atoms. The lowest BCUT2D eigenvalue weighted by Gasteiger charge is -2.04. The number of carbonyl (C=O) groups is 1. The summed E-state index contributed by atoms with van der Waals surface area (Å²) in [5.41, 5.74) is 1.65. The number of aliphatic carboxylic acids is 1. The van der Waals surface area contributed by atoms with Gasteiger partial charge in [0.1, 0.15) is 5.75 Å². The summed E-state index contributed by atoms with van der Waals surface area (Å²) in [5.74, 6) is -0.523. The zero-order valence-corrected chi connectivity index (χ0v) is 9.30. The number of fused-ring (bicyclic) bond motifs is 1. The Bertz CT molecular complexity index is 546.